The monoisotopic (exact) mass is 399 g/mol. The molecule has 0 aliphatic carbocycles. The van der Waals surface area contributed by atoms with Gasteiger partial charge in [-0.1, -0.05) is 24.3 Å². The lowest BCUT2D eigenvalue weighted by molar-refractivity contribution is 0.102. The highest BCUT2D eigenvalue weighted by atomic mass is 16.5. The summed E-state index contributed by atoms with van der Waals surface area (Å²) in [6, 6.07) is 21.3. The largest absolute Gasteiger partial charge is 0.494 e. The Labute approximate surface area is 173 Å². The van der Waals surface area contributed by atoms with E-state index in [0.29, 0.717) is 29.1 Å². The van der Waals surface area contributed by atoms with Gasteiger partial charge >= 0.3 is 0 Å². The molecule has 2 aromatic heterocycles. The Hall–Kier alpha value is -4.06. The zero-order valence-corrected chi connectivity index (χ0v) is 16.5. The summed E-state index contributed by atoms with van der Waals surface area (Å²) in [6.45, 7) is 2.44. The lowest BCUT2D eigenvalue weighted by atomic mass is 10.1. The first-order chi connectivity index (χ1) is 14.6. The third-order valence-corrected chi connectivity index (χ3v) is 4.78. The van der Waals surface area contributed by atoms with Crippen molar-refractivity contribution in [1.82, 2.24) is 4.40 Å². The molecule has 30 heavy (non-hydrogen) atoms. The number of nitrogens with two attached hydrogens (primary N) is 1. The average Bonchev–Trinajstić information content (AvgIpc) is 3.06. The number of nitrogen functional groups attached to an aromatic ring is 1. The number of pyridine rings is 1. The van der Waals surface area contributed by atoms with E-state index in [1.807, 2.05) is 25.1 Å². The first-order valence-corrected chi connectivity index (χ1v) is 9.62. The van der Waals surface area contributed by atoms with Crippen LogP contribution in [0.4, 0.5) is 11.4 Å². The molecular weight excluding hydrogens is 378 g/mol. The van der Waals surface area contributed by atoms with Crippen LogP contribution in [0.5, 0.6) is 5.75 Å². The number of nitrogens with zero attached hydrogens (tertiary/aromatic N) is 1. The van der Waals surface area contributed by atoms with Crippen LogP contribution in [0.2, 0.25) is 0 Å². The molecule has 2 aromatic carbocycles. The number of para-hydroxylation sites is 1. The minimum Gasteiger partial charge on any atom is -0.494 e. The zero-order valence-electron chi connectivity index (χ0n) is 16.5. The third kappa shape index (κ3) is 3.51. The van der Waals surface area contributed by atoms with E-state index < -0.39 is 0 Å². The number of anilines is 2. The number of hydrogen-bond acceptors (Lipinski definition) is 4. The van der Waals surface area contributed by atoms with E-state index in [9.17, 15) is 9.59 Å². The molecule has 0 spiro atoms. The van der Waals surface area contributed by atoms with Crippen molar-refractivity contribution in [2.45, 2.75) is 6.92 Å². The van der Waals surface area contributed by atoms with Crippen molar-refractivity contribution in [2.75, 3.05) is 17.7 Å². The number of hydrogen-bond donors (Lipinski definition) is 2. The van der Waals surface area contributed by atoms with Gasteiger partial charge in [0, 0.05) is 17.4 Å². The fraction of sp³-hybridized carbons (Fsp3) is 0.0833. The summed E-state index contributed by atoms with van der Waals surface area (Å²) in [5, 5.41) is 2.84. The van der Waals surface area contributed by atoms with Crippen molar-refractivity contribution in [2.24, 2.45) is 0 Å². The number of aromatic nitrogens is 1. The maximum atomic E-state index is 13.3. The molecule has 3 N–H and O–H groups in total. The van der Waals surface area contributed by atoms with Gasteiger partial charge in [0.1, 0.15) is 11.4 Å². The molecule has 0 fully saturated rings. The van der Waals surface area contributed by atoms with E-state index in [-0.39, 0.29) is 28.6 Å². The molecule has 1 amide bonds. The quantitative estimate of drug-likeness (QED) is 0.471. The second-order valence-corrected chi connectivity index (χ2v) is 6.70. The van der Waals surface area contributed by atoms with Crippen LogP contribution in [0, 0.1) is 0 Å². The van der Waals surface area contributed by atoms with Gasteiger partial charge in [0.15, 0.2) is 0 Å². The molecule has 0 aliphatic rings. The van der Waals surface area contributed by atoms with Gasteiger partial charge in [-0.05, 0) is 55.5 Å². The molecule has 0 unspecified atom stereocenters. The van der Waals surface area contributed by atoms with Gasteiger partial charge in [0.2, 0.25) is 5.78 Å². The Morgan fingerprint density at radius 1 is 0.967 bits per heavy atom. The van der Waals surface area contributed by atoms with Crippen molar-refractivity contribution < 1.29 is 14.3 Å². The SMILES string of the molecule is CCOc1ccc(C(=O)c2c(N)c(C(=O)Nc3ccccc3)c3ccccn23)cc1. The molecule has 0 aliphatic heterocycles. The van der Waals surface area contributed by atoms with Crippen LogP contribution in [0.1, 0.15) is 33.3 Å². The Balaban J connectivity index is 1.76. The molecule has 150 valence electrons. The van der Waals surface area contributed by atoms with Crippen molar-refractivity contribution in [1.29, 1.82) is 0 Å². The highest BCUT2D eigenvalue weighted by Crippen LogP contribution is 2.29. The van der Waals surface area contributed by atoms with Gasteiger partial charge in [0.25, 0.3) is 5.91 Å². The summed E-state index contributed by atoms with van der Waals surface area (Å²) in [5.74, 6) is 0.0496. The number of ether oxygens (including phenoxy) is 1. The van der Waals surface area contributed by atoms with E-state index in [4.69, 9.17) is 10.5 Å². The van der Waals surface area contributed by atoms with Crippen molar-refractivity contribution >= 4 is 28.6 Å². The Morgan fingerprint density at radius 3 is 2.37 bits per heavy atom. The van der Waals surface area contributed by atoms with Gasteiger partial charge in [-0.3, -0.25) is 9.59 Å². The minimum atomic E-state index is -0.367. The normalized spacial score (nSPS) is 10.7. The van der Waals surface area contributed by atoms with Crippen molar-refractivity contribution in [3.63, 3.8) is 0 Å². The van der Waals surface area contributed by atoms with Gasteiger partial charge in [-0.25, -0.2) is 0 Å². The molecule has 0 bridgehead atoms. The molecule has 6 heteroatoms. The molecule has 4 rings (SSSR count). The van der Waals surface area contributed by atoms with E-state index in [0.717, 1.165) is 0 Å². The molecule has 0 radical (unpaired) electrons. The van der Waals surface area contributed by atoms with Crippen molar-refractivity contribution in [3.05, 3.63) is 95.8 Å². The highest BCUT2D eigenvalue weighted by Gasteiger charge is 2.26. The van der Waals surface area contributed by atoms with Crippen LogP contribution in [0.15, 0.2) is 79.0 Å². The number of carbonyl (C=O) groups is 2. The number of fused-ring (bicyclic) bond motifs is 1. The Bertz CT molecular complexity index is 1210. The number of ketones is 1. The lowest BCUT2D eigenvalue weighted by Gasteiger charge is -2.06. The maximum absolute atomic E-state index is 13.3. The lowest BCUT2D eigenvalue weighted by Crippen LogP contribution is -2.14. The second-order valence-electron chi connectivity index (χ2n) is 6.70. The van der Waals surface area contributed by atoms with E-state index in [2.05, 4.69) is 5.32 Å². The predicted molar refractivity (Wildman–Crippen MR) is 117 cm³/mol. The summed E-state index contributed by atoms with van der Waals surface area (Å²) in [7, 11) is 0. The van der Waals surface area contributed by atoms with Gasteiger partial charge < -0.3 is 20.2 Å². The van der Waals surface area contributed by atoms with Crippen LogP contribution in [0.3, 0.4) is 0 Å². The Kier molecular flexibility index (Phi) is 5.22. The Morgan fingerprint density at radius 2 is 1.67 bits per heavy atom. The summed E-state index contributed by atoms with van der Waals surface area (Å²) < 4.78 is 7.10. The molecule has 0 saturated carbocycles. The first kappa shape index (κ1) is 19.3. The minimum absolute atomic E-state index is 0.147. The standard InChI is InChI=1S/C24H21N3O3/c1-2-30-18-13-11-16(12-14-18)23(28)22-21(25)20(19-10-6-7-15-27(19)22)24(29)26-17-8-4-3-5-9-17/h3-15H,2,25H2,1H3,(H,26,29). The van der Waals surface area contributed by atoms with Crippen LogP contribution in [0.25, 0.3) is 5.52 Å². The summed E-state index contributed by atoms with van der Waals surface area (Å²) in [5.41, 5.74) is 8.71. The van der Waals surface area contributed by atoms with Crippen LogP contribution in [-0.2, 0) is 0 Å². The fourth-order valence-corrected chi connectivity index (χ4v) is 3.42. The molecule has 4 aromatic rings. The number of rotatable bonds is 6. The van der Waals surface area contributed by atoms with E-state index >= 15 is 0 Å². The number of carbonyl (C=O) groups excluding carboxylic acids is 2. The smallest absolute Gasteiger partial charge is 0.259 e. The highest BCUT2D eigenvalue weighted by molar-refractivity contribution is 6.20. The zero-order chi connectivity index (χ0) is 21.1. The third-order valence-electron chi connectivity index (χ3n) is 4.78. The number of benzene rings is 2. The molecule has 0 atom stereocenters. The molecule has 2 heterocycles. The van der Waals surface area contributed by atoms with Crippen LogP contribution < -0.4 is 15.8 Å². The topological polar surface area (TPSA) is 85.8 Å². The van der Waals surface area contributed by atoms with Gasteiger partial charge in [-0.15, -0.1) is 0 Å². The summed E-state index contributed by atoms with van der Waals surface area (Å²) in [6.07, 6.45) is 1.73. The van der Waals surface area contributed by atoms with E-state index in [1.165, 1.54) is 0 Å². The predicted octanol–water partition coefficient (Wildman–Crippen LogP) is 4.40. The first-order valence-electron chi connectivity index (χ1n) is 9.62. The number of nitrogens with one attached hydrogen (secondary N) is 1. The molecular formula is C24H21N3O3. The van der Waals surface area contributed by atoms with Crippen LogP contribution >= 0.6 is 0 Å². The maximum Gasteiger partial charge on any atom is 0.259 e. The number of amides is 1. The molecule has 6 nitrogen and oxygen atoms in total. The van der Waals surface area contributed by atoms with E-state index in [1.54, 1.807) is 65.2 Å². The van der Waals surface area contributed by atoms with Crippen LogP contribution in [-0.4, -0.2) is 22.7 Å². The summed E-state index contributed by atoms with van der Waals surface area (Å²) >= 11 is 0. The van der Waals surface area contributed by atoms with Gasteiger partial charge in [-0.2, -0.15) is 0 Å². The second kappa shape index (κ2) is 8.13. The summed E-state index contributed by atoms with van der Waals surface area (Å²) in [4.78, 5) is 26.3. The fourth-order valence-electron chi connectivity index (χ4n) is 3.42. The van der Waals surface area contributed by atoms with Gasteiger partial charge in [0.05, 0.1) is 23.4 Å². The molecule has 0 saturated heterocycles. The van der Waals surface area contributed by atoms with Crippen molar-refractivity contribution in [3.8, 4) is 5.75 Å². The average molecular weight is 399 g/mol.